The molecule has 1 atom stereocenters. The van der Waals surface area contributed by atoms with E-state index in [0.717, 1.165) is 30.3 Å². The zero-order chi connectivity index (χ0) is 21.8. The van der Waals surface area contributed by atoms with Crippen molar-refractivity contribution in [2.45, 2.75) is 37.9 Å². The van der Waals surface area contributed by atoms with Crippen LogP contribution in [0.4, 0.5) is 18.9 Å². The number of benzene rings is 2. The molecule has 1 unspecified atom stereocenters. The third kappa shape index (κ3) is 3.30. The van der Waals surface area contributed by atoms with Gasteiger partial charge in [-0.05, 0) is 54.2 Å². The molecule has 1 aromatic heterocycles. The van der Waals surface area contributed by atoms with E-state index in [1.165, 1.54) is 23.5 Å². The third-order valence-electron chi connectivity index (χ3n) is 6.46. The number of aromatic nitrogens is 3. The van der Waals surface area contributed by atoms with Crippen molar-refractivity contribution in [1.82, 2.24) is 14.8 Å². The summed E-state index contributed by atoms with van der Waals surface area (Å²) in [6.07, 6.45) is 0.516. The van der Waals surface area contributed by atoms with Gasteiger partial charge in [0.1, 0.15) is 12.2 Å². The second-order valence-corrected chi connectivity index (χ2v) is 8.28. The SMILES string of the molecule is Cn1cnnc1C(c1cccc(N2Cc3c(cccc3C(F)(F)F)C2=O)c1)C1CCC1. The first-order chi connectivity index (χ1) is 14.8. The Morgan fingerprint density at radius 1 is 1.13 bits per heavy atom. The molecule has 0 radical (unpaired) electrons. The lowest BCUT2D eigenvalue weighted by Gasteiger charge is -2.33. The molecule has 1 saturated carbocycles. The number of aryl methyl sites for hydroxylation is 1. The lowest BCUT2D eigenvalue weighted by Crippen LogP contribution is -2.25. The predicted molar refractivity (Wildman–Crippen MR) is 109 cm³/mol. The van der Waals surface area contributed by atoms with Gasteiger partial charge in [0.2, 0.25) is 0 Å². The Kier molecular flexibility index (Phi) is 4.60. The topological polar surface area (TPSA) is 51.0 Å². The molecule has 0 N–H and O–H groups in total. The van der Waals surface area contributed by atoms with Gasteiger partial charge >= 0.3 is 6.18 Å². The predicted octanol–water partition coefficient (Wildman–Crippen LogP) is 4.93. The van der Waals surface area contributed by atoms with Crippen molar-refractivity contribution < 1.29 is 18.0 Å². The molecular formula is C23H21F3N4O. The van der Waals surface area contributed by atoms with Gasteiger partial charge in [0.25, 0.3) is 5.91 Å². The summed E-state index contributed by atoms with van der Waals surface area (Å²) in [6.45, 7) is -0.0919. The van der Waals surface area contributed by atoms with Crippen LogP contribution in [0, 0.1) is 5.92 Å². The number of fused-ring (bicyclic) bond motifs is 1. The summed E-state index contributed by atoms with van der Waals surface area (Å²) in [5.41, 5.74) is 0.998. The van der Waals surface area contributed by atoms with Crippen LogP contribution in [0.15, 0.2) is 48.8 Å². The fourth-order valence-corrected chi connectivity index (χ4v) is 4.67. The number of carbonyl (C=O) groups is 1. The Morgan fingerprint density at radius 3 is 2.55 bits per heavy atom. The van der Waals surface area contributed by atoms with E-state index in [-0.39, 0.29) is 23.6 Å². The first-order valence-electron chi connectivity index (χ1n) is 10.3. The molecule has 2 heterocycles. The number of hydrogen-bond acceptors (Lipinski definition) is 3. The molecule has 1 fully saturated rings. The van der Waals surface area contributed by atoms with Crippen LogP contribution >= 0.6 is 0 Å². The molecule has 2 aliphatic rings. The van der Waals surface area contributed by atoms with Crippen molar-refractivity contribution in [2.75, 3.05) is 4.90 Å². The third-order valence-corrected chi connectivity index (χ3v) is 6.46. The van der Waals surface area contributed by atoms with Crippen LogP contribution in [-0.2, 0) is 19.8 Å². The summed E-state index contributed by atoms with van der Waals surface area (Å²) in [6, 6.07) is 11.3. The van der Waals surface area contributed by atoms with Crippen molar-refractivity contribution in [3.05, 3.63) is 76.9 Å². The van der Waals surface area contributed by atoms with Gasteiger partial charge in [0, 0.05) is 24.2 Å². The molecule has 1 aliphatic heterocycles. The van der Waals surface area contributed by atoms with Gasteiger partial charge in [0.05, 0.1) is 12.1 Å². The Balaban J connectivity index is 1.52. The van der Waals surface area contributed by atoms with Gasteiger partial charge in [0.15, 0.2) is 0 Å². The molecule has 1 amide bonds. The zero-order valence-electron chi connectivity index (χ0n) is 16.9. The molecule has 3 aromatic rings. The smallest absolute Gasteiger partial charge is 0.320 e. The highest BCUT2D eigenvalue weighted by molar-refractivity contribution is 6.10. The monoisotopic (exact) mass is 426 g/mol. The fraction of sp³-hybridized carbons (Fsp3) is 0.348. The molecule has 2 aromatic carbocycles. The van der Waals surface area contributed by atoms with Crippen molar-refractivity contribution in [1.29, 1.82) is 0 Å². The Morgan fingerprint density at radius 2 is 1.90 bits per heavy atom. The molecule has 0 bridgehead atoms. The summed E-state index contributed by atoms with van der Waals surface area (Å²) in [5.74, 6) is 0.919. The number of hydrogen-bond donors (Lipinski definition) is 0. The molecule has 1 aliphatic carbocycles. The number of rotatable bonds is 4. The largest absolute Gasteiger partial charge is 0.416 e. The first kappa shape index (κ1) is 19.8. The number of carbonyl (C=O) groups excluding carboxylic acids is 1. The fourth-order valence-electron chi connectivity index (χ4n) is 4.67. The lowest BCUT2D eigenvalue weighted by molar-refractivity contribution is -0.138. The van der Waals surface area contributed by atoms with E-state index in [1.54, 1.807) is 12.4 Å². The van der Waals surface area contributed by atoms with E-state index in [2.05, 4.69) is 10.2 Å². The zero-order valence-corrected chi connectivity index (χ0v) is 16.9. The maximum absolute atomic E-state index is 13.5. The quantitative estimate of drug-likeness (QED) is 0.595. The van der Waals surface area contributed by atoms with E-state index >= 15 is 0 Å². The van der Waals surface area contributed by atoms with E-state index in [1.807, 2.05) is 29.8 Å². The summed E-state index contributed by atoms with van der Waals surface area (Å²) in [5, 5.41) is 8.34. The van der Waals surface area contributed by atoms with Crippen molar-refractivity contribution in [3.8, 4) is 0 Å². The van der Waals surface area contributed by atoms with E-state index in [0.29, 0.717) is 11.6 Å². The van der Waals surface area contributed by atoms with Crippen LogP contribution in [0.25, 0.3) is 0 Å². The van der Waals surface area contributed by atoms with E-state index < -0.39 is 17.6 Å². The van der Waals surface area contributed by atoms with E-state index in [4.69, 9.17) is 0 Å². The summed E-state index contributed by atoms with van der Waals surface area (Å²) in [7, 11) is 1.91. The number of halogens is 3. The highest BCUT2D eigenvalue weighted by atomic mass is 19.4. The standard InChI is InChI=1S/C23H21F3N4O/c1-29-13-27-28-21(29)20(14-5-2-6-14)15-7-3-8-16(11-15)30-12-18-17(22(30)31)9-4-10-19(18)23(24,25)26/h3-4,7-11,13-14,20H,2,5-6,12H2,1H3. The van der Waals surface area contributed by atoms with E-state index in [9.17, 15) is 18.0 Å². The van der Waals surface area contributed by atoms with Gasteiger partial charge < -0.3 is 9.47 Å². The highest BCUT2D eigenvalue weighted by Gasteiger charge is 2.40. The van der Waals surface area contributed by atoms with Gasteiger partial charge in [-0.15, -0.1) is 10.2 Å². The minimum Gasteiger partial charge on any atom is -0.320 e. The first-order valence-corrected chi connectivity index (χ1v) is 10.3. The molecule has 5 nitrogen and oxygen atoms in total. The van der Waals surface area contributed by atoms with Crippen molar-refractivity contribution in [2.24, 2.45) is 13.0 Å². The summed E-state index contributed by atoms with van der Waals surface area (Å²) >= 11 is 0. The minimum atomic E-state index is -4.50. The second kappa shape index (κ2) is 7.21. The molecular weight excluding hydrogens is 405 g/mol. The lowest BCUT2D eigenvalue weighted by atomic mass is 9.72. The molecule has 0 saturated heterocycles. The number of nitrogens with zero attached hydrogens (tertiary/aromatic N) is 4. The molecule has 8 heteroatoms. The normalized spacial score (nSPS) is 17.5. The second-order valence-electron chi connectivity index (χ2n) is 8.28. The van der Waals surface area contributed by atoms with Gasteiger partial charge in [-0.2, -0.15) is 13.2 Å². The van der Waals surface area contributed by atoms with Crippen molar-refractivity contribution in [3.63, 3.8) is 0 Å². The summed E-state index contributed by atoms with van der Waals surface area (Å²) < 4.78 is 42.3. The van der Waals surface area contributed by atoms with Crippen LogP contribution in [0.2, 0.25) is 0 Å². The Bertz CT molecular complexity index is 1150. The number of amides is 1. The van der Waals surface area contributed by atoms with Gasteiger partial charge in [-0.3, -0.25) is 4.79 Å². The molecule has 5 rings (SSSR count). The van der Waals surface area contributed by atoms with Gasteiger partial charge in [-0.1, -0.05) is 24.6 Å². The molecule has 0 spiro atoms. The molecule has 31 heavy (non-hydrogen) atoms. The van der Waals surface area contributed by atoms with Gasteiger partial charge in [-0.25, -0.2) is 0 Å². The van der Waals surface area contributed by atoms with Crippen molar-refractivity contribution >= 4 is 11.6 Å². The number of anilines is 1. The summed E-state index contributed by atoms with van der Waals surface area (Å²) in [4.78, 5) is 14.4. The average molecular weight is 426 g/mol. The van der Waals surface area contributed by atoms with Crippen LogP contribution in [0.3, 0.4) is 0 Å². The van der Waals surface area contributed by atoms with Crippen LogP contribution in [0.5, 0.6) is 0 Å². The highest BCUT2D eigenvalue weighted by Crippen LogP contribution is 2.44. The maximum atomic E-state index is 13.5. The van der Waals surface area contributed by atoms with Crippen LogP contribution < -0.4 is 4.90 Å². The number of alkyl halides is 3. The van der Waals surface area contributed by atoms with Crippen LogP contribution in [0.1, 0.15) is 58.1 Å². The average Bonchev–Trinajstić information content (AvgIpc) is 3.27. The van der Waals surface area contributed by atoms with Crippen LogP contribution in [-0.4, -0.2) is 20.7 Å². The minimum absolute atomic E-state index is 0.0343. The maximum Gasteiger partial charge on any atom is 0.416 e. The Hall–Kier alpha value is -3.16. The molecule has 160 valence electrons. The Labute approximate surface area is 177 Å².